The highest BCUT2D eigenvalue weighted by Gasteiger charge is 2.15. The summed E-state index contributed by atoms with van der Waals surface area (Å²) in [4.78, 5) is 9.92. The van der Waals surface area contributed by atoms with Crippen molar-refractivity contribution in [2.75, 3.05) is 20.6 Å². The van der Waals surface area contributed by atoms with Gasteiger partial charge in [-0.25, -0.2) is 0 Å². The molecule has 0 aliphatic rings. The summed E-state index contributed by atoms with van der Waals surface area (Å²) in [5, 5.41) is 15.9. The first-order valence-electron chi connectivity index (χ1n) is 4.26. The van der Waals surface area contributed by atoms with E-state index >= 15 is 0 Å². The highest BCUT2D eigenvalue weighted by Crippen LogP contribution is 2.08. The van der Waals surface area contributed by atoms with Gasteiger partial charge in [0.15, 0.2) is 0 Å². The molecule has 0 aromatic rings. The third-order valence-electron chi connectivity index (χ3n) is 1.87. The number of rotatable bonds is 5. The van der Waals surface area contributed by atoms with Crippen molar-refractivity contribution in [3.05, 3.63) is 10.1 Å². The molecule has 0 aromatic carbocycles. The Hall–Kier alpha value is -1.13. The van der Waals surface area contributed by atoms with E-state index in [9.17, 15) is 10.1 Å². The lowest BCUT2D eigenvalue weighted by Gasteiger charge is -2.12. The largest absolute Gasteiger partial charge is 0.303 e. The Bertz CT molecular complexity index is 192. The molecule has 0 saturated heterocycles. The summed E-state index contributed by atoms with van der Waals surface area (Å²) >= 11 is 0. The summed E-state index contributed by atoms with van der Waals surface area (Å²) in [6.45, 7) is 3.79. The molecule has 0 N–H and O–H groups in total. The number of hydrogen-bond acceptors (Lipinski definition) is 4. The molecule has 0 aliphatic carbocycles. The molecule has 0 spiro atoms. The van der Waals surface area contributed by atoms with Crippen molar-refractivity contribution in [2.45, 2.75) is 13.8 Å². The van der Waals surface area contributed by atoms with Gasteiger partial charge in [0, 0.05) is 37.1 Å². The lowest BCUT2D eigenvalue weighted by Crippen LogP contribution is -2.20. The van der Waals surface area contributed by atoms with Crippen LogP contribution in [0.3, 0.4) is 0 Å². The van der Waals surface area contributed by atoms with Crippen molar-refractivity contribution in [1.29, 1.82) is 0 Å². The van der Waals surface area contributed by atoms with E-state index in [1.807, 2.05) is 27.9 Å². The predicted molar refractivity (Wildman–Crippen MR) is 52.4 cm³/mol. The van der Waals surface area contributed by atoms with Crippen LogP contribution < -0.4 is 0 Å². The zero-order valence-electron chi connectivity index (χ0n) is 8.60. The van der Waals surface area contributed by atoms with E-state index in [1.165, 1.54) is 0 Å². The Balaban J connectivity index is 3.95. The first-order chi connectivity index (χ1) is 5.93. The standard InChI is InChI=1S/C8H17N3O2/c1-7(5-9-10(3)4)8(2)6-11(12)13/h5,7-8H,6H2,1-4H3/b9-5+. The summed E-state index contributed by atoms with van der Waals surface area (Å²) in [7, 11) is 3.64. The van der Waals surface area contributed by atoms with Crippen LogP contribution in [0.25, 0.3) is 0 Å². The molecule has 0 rings (SSSR count). The molecule has 0 bridgehead atoms. The first kappa shape index (κ1) is 11.9. The van der Waals surface area contributed by atoms with Gasteiger partial charge >= 0.3 is 0 Å². The minimum absolute atomic E-state index is 0.000610. The number of nitrogens with zero attached hydrogens (tertiary/aromatic N) is 3. The molecule has 0 amide bonds. The number of hydrazone groups is 1. The predicted octanol–water partition coefficient (Wildman–Crippen LogP) is 1.08. The Kier molecular flexibility index (Phi) is 5.03. The molecular formula is C8H17N3O2. The van der Waals surface area contributed by atoms with Gasteiger partial charge in [-0.15, -0.1) is 0 Å². The van der Waals surface area contributed by atoms with Crippen molar-refractivity contribution >= 4 is 6.21 Å². The van der Waals surface area contributed by atoms with E-state index in [0.717, 1.165) is 0 Å². The summed E-state index contributed by atoms with van der Waals surface area (Å²) in [6.07, 6.45) is 1.74. The maximum Gasteiger partial charge on any atom is 0.207 e. The lowest BCUT2D eigenvalue weighted by molar-refractivity contribution is -0.488. The van der Waals surface area contributed by atoms with Gasteiger partial charge in [0.1, 0.15) is 0 Å². The van der Waals surface area contributed by atoms with E-state index in [4.69, 9.17) is 0 Å². The molecule has 0 fully saturated rings. The van der Waals surface area contributed by atoms with Gasteiger partial charge in [0.05, 0.1) is 0 Å². The van der Waals surface area contributed by atoms with Crippen LogP contribution in [0.15, 0.2) is 5.10 Å². The highest BCUT2D eigenvalue weighted by atomic mass is 16.6. The van der Waals surface area contributed by atoms with E-state index in [1.54, 1.807) is 11.2 Å². The molecule has 0 aliphatic heterocycles. The zero-order valence-corrected chi connectivity index (χ0v) is 8.60. The third-order valence-corrected chi connectivity index (χ3v) is 1.87. The maximum atomic E-state index is 10.2. The van der Waals surface area contributed by atoms with E-state index in [0.29, 0.717) is 0 Å². The summed E-state index contributed by atoms with van der Waals surface area (Å²) in [6, 6.07) is 0. The lowest BCUT2D eigenvalue weighted by atomic mass is 9.98. The monoisotopic (exact) mass is 187 g/mol. The second-order valence-corrected chi connectivity index (χ2v) is 3.46. The summed E-state index contributed by atoms with van der Waals surface area (Å²) in [5.74, 6) is 0.159. The van der Waals surface area contributed by atoms with Crippen LogP contribution in [0.2, 0.25) is 0 Å². The van der Waals surface area contributed by atoms with Crippen LogP contribution in [0, 0.1) is 22.0 Å². The molecule has 2 unspecified atom stereocenters. The molecule has 0 saturated carbocycles. The molecule has 5 nitrogen and oxygen atoms in total. The molecule has 5 heteroatoms. The van der Waals surface area contributed by atoms with Crippen LogP contribution in [-0.4, -0.2) is 36.8 Å². The van der Waals surface area contributed by atoms with E-state index in [-0.39, 0.29) is 23.3 Å². The van der Waals surface area contributed by atoms with Crippen molar-refractivity contribution in [2.24, 2.45) is 16.9 Å². The zero-order chi connectivity index (χ0) is 10.4. The fraction of sp³-hybridized carbons (Fsp3) is 0.875. The van der Waals surface area contributed by atoms with Gasteiger partial charge in [-0.3, -0.25) is 10.1 Å². The third kappa shape index (κ3) is 6.07. The van der Waals surface area contributed by atoms with Crippen LogP contribution in [0.4, 0.5) is 0 Å². The summed E-state index contributed by atoms with van der Waals surface area (Å²) in [5.41, 5.74) is 0. The fourth-order valence-electron chi connectivity index (χ4n) is 0.787. The van der Waals surface area contributed by atoms with Crippen molar-refractivity contribution in [3.8, 4) is 0 Å². The van der Waals surface area contributed by atoms with Gasteiger partial charge in [-0.05, 0) is 0 Å². The van der Waals surface area contributed by atoms with Crippen molar-refractivity contribution in [1.82, 2.24) is 5.01 Å². The van der Waals surface area contributed by atoms with Gasteiger partial charge in [-0.1, -0.05) is 13.8 Å². The Morgan fingerprint density at radius 1 is 1.54 bits per heavy atom. The maximum absolute atomic E-state index is 10.2. The smallest absolute Gasteiger partial charge is 0.207 e. The van der Waals surface area contributed by atoms with Gasteiger partial charge < -0.3 is 5.01 Å². The minimum Gasteiger partial charge on any atom is -0.303 e. The molecule has 0 heterocycles. The van der Waals surface area contributed by atoms with Crippen molar-refractivity contribution < 1.29 is 4.92 Å². The van der Waals surface area contributed by atoms with E-state index < -0.39 is 0 Å². The number of hydrogen-bond donors (Lipinski definition) is 0. The van der Waals surface area contributed by atoms with Gasteiger partial charge in [0.25, 0.3) is 0 Å². The van der Waals surface area contributed by atoms with Crippen LogP contribution in [0.5, 0.6) is 0 Å². The van der Waals surface area contributed by atoms with E-state index in [2.05, 4.69) is 5.10 Å². The quantitative estimate of drug-likeness (QED) is 0.367. The minimum atomic E-state index is -0.287. The fourth-order valence-corrected chi connectivity index (χ4v) is 0.787. The number of nitro groups is 1. The molecule has 76 valence electrons. The SMILES string of the molecule is CC(/C=N/N(C)C)C(C)C[N+](=O)[O-]. The molecular weight excluding hydrogens is 170 g/mol. The molecule has 0 radical (unpaired) electrons. The Morgan fingerprint density at radius 3 is 2.46 bits per heavy atom. The van der Waals surface area contributed by atoms with Crippen LogP contribution in [0.1, 0.15) is 13.8 Å². The normalized spacial score (nSPS) is 15.7. The molecule has 2 atom stereocenters. The average molecular weight is 187 g/mol. The van der Waals surface area contributed by atoms with Gasteiger partial charge in [-0.2, -0.15) is 5.10 Å². The first-order valence-corrected chi connectivity index (χ1v) is 4.26. The highest BCUT2D eigenvalue weighted by molar-refractivity contribution is 5.60. The Morgan fingerprint density at radius 2 is 2.08 bits per heavy atom. The summed E-state index contributed by atoms with van der Waals surface area (Å²) < 4.78 is 0. The second kappa shape index (κ2) is 5.50. The van der Waals surface area contributed by atoms with Crippen molar-refractivity contribution in [3.63, 3.8) is 0 Å². The topological polar surface area (TPSA) is 58.7 Å². The van der Waals surface area contributed by atoms with Gasteiger partial charge in [0.2, 0.25) is 6.54 Å². The van der Waals surface area contributed by atoms with Crippen LogP contribution in [-0.2, 0) is 0 Å². The Labute approximate surface area is 78.6 Å². The average Bonchev–Trinajstić information content (AvgIpc) is 1.98. The van der Waals surface area contributed by atoms with Crippen LogP contribution >= 0.6 is 0 Å². The molecule has 0 aromatic heterocycles. The second-order valence-electron chi connectivity index (χ2n) is 3.46. The molecule has 13 heavy (non-hydrogen) atoms.